The van der Waals surface area contributed by atoms with Crippen LogP contribution in [0, 0.1) is 11.7 Å². The molecule has 8 nitrogen and oxygen atoms in total. The number of likely N-dealkylation sites (tertiary alicyclic amines) is 1. The van der Waals surface area contributed by atoms with Crippen molar-refractivity contribution >= 4 is 34.9 Å². The minimum absolute atomic E-state index is 0.192. The van der Waals surface area contributed by atoms with Gasteiger partial charge in [0.25, 0.3) is 11.8 Å². The van der Waals surface area contributed by atoms with Crippen LogP contribution in [-0.2, 0) is 25.5 Å². The Labute approximate surface area is 233 Å². The number of rotatable bonds is 10. The lowest BCUT2D eigenvalue weighted by Gasteiger charge is -2.32. The summed E-state index contributed by atoms with van der Waals surface area (Å²) in [4.78, 5) is 44.1. The molecule has 2 amide bonds. The fourth-order valence-electron chi connectivity index (χ4n) is 5.21. The molecule has 0 bridgehead atoms. The zero-order valence-corrected chi connectivity index (χ0v) is 23.4. The molecule has 0 N–H and O–H groups in total. The van der Waals surface area contributed by atoms with Gasteiger partial charge in [-0.3, -0.25) is 14.4 Å². The van der Waals surface area contributed by atoms with Crippen LogP contribution >= 0.6 is 11.6 Å². The van der Waals surface area contributed by atoms with E-state index in [1.807, 2.05) is 17.0 Å². The molecule has 0 aliphatic carbocycles. The molecule has 0 aromatic heterocycles. The van der Waals surface area contributed by atoms with Crippen molar-refractivity contribution in [2.24, 2.45) is 5.92 Å². The van der Waals surface area contributed by atoms with E-state index in [1.54, 1.807) is 24.1 Å². The van der Waals surface area contributed by atoms with Crippen molar-refractivity contribution in [3.05, 3.63) is 63.9 Å². The van der Waals surface area contributed by atoms with Gasteiger partial charge in [0.15, 0.2) is 0 Å². The molecule has 10 heteroatoms. The number of carbonyl (C=O) groups excluding carboxylic acids is 3. The molecule has 0 saturated carbocycles. The molecule has 0 spiro atoms. The Balaban J connectivity index is 1.50. The number of piperidine rings is 1. The maximum absolute atomic E-state index is 13.6. The molecule has 210 valence electrons. The fourth-order valence-corrected chi connectivity index (χ4v) is 5.45. The van der Waals surface area contributed by atoms with Crippen molar-refractivity contribution in [3.63, 3.8) is 0 Å². The van der Waals surface area contributed by atoms with Gasteiger partial charge in [0.1, 0.15) is 12.5 Å². The second kappa shape index (κ2) is 12.9. The van der Waals surface area contributed by atoms with Crippen molar-refractivity contribution in [2.75, 3.05) is 65.7 Å². The van der Waals surface area contributed by atoms with Gasteiger partial charge in [-0.1, -0.05) is 23.7 Å². The third-order valence-electron chi connectivity index (χ3n) is 7.42. The van der Waals surface area contributed by atoms with Gasteiger partial charge in [0, 0.05) is 46.5 Å². The highest BCUT2D eigenvalue weighted by Crippen LogP contribution is 2.41. The molecule has 2 aromatic rings. The van der Waals surface area contributed by atoms with E-state index in [2.05, 4.69) is 0 Å². The summed E-state index contributed by atoms with van der Waals surface area (Å²) in [5.74, 6) is -1.90. The van der Waals surface area contributed by atoms with E-state index in [1.165, 1.54) is 31.1 Å². The van der Waals surface area contributed by atoms with Crippen LogP contribution in [0.1, 0.15) is 40.2 Å². The third-order valence-corrected chi connectivity index (χ3v) is 7.73. The molecule has 39 heavy (non-hydrogen) atoms. The number of halogens is 2. The standard InChI is InChI=1S/C29H35ClFN3O5/c1-32(2)29(37)27(35)24-17-34(18-39-13-12-38-3)26-16-25(30)23(15-22(24)26)28(36)33-10-8-20(9-11-33)14-19-4-6-21(31)7-5-19/h4-7,15-16,20,24H,8-14,17-18H2,1-3H3. The molecule has 1 unspecified atom stereocenters. The minimum Gasteiger partial charge on any atom is -0.382 e. The Morgan fingerprint density at radius 2 is 1.77 bits per heavy atom. The number of nitrogens with zero attached hydrogens (tertiary/aromatic N) is 3. The van der Waals surface area contributed by atoms with Crippen LogP contribution in [-0.4, -0.2) is 88.2 Å². The first-order chi connectivity index (χ1) is 18.7. The summed E-state index contributed by atoms with van der Waals surface area (Å²) in [5, 5.41) is 0.293. The summed E-state index contributed by atoms with van der Waals surface area (Å²) in [6.07, 6.45) is 2.50. The quantitative estimate of drug-likeness (QED) is 0.326. The number of ether oxygens (including phenoxy) is 2. The van der Waals surface area contributed by atoms with Gasteiger partial charge in [0.05, 0.1) is 29.7 Å². The maximum atomic E-state index is 13.6. The second-order valence-electron chi connectivity index (χ2n) is 10.3. The average molecular weight is 560 g/mol. The zero-order chi connectivity index (χ0) is 28.1. The third kappa shape index (κ3) is 6.77. The van der Waals surface area contributed by atoms with Crippen molar-refractivity contribution in [1.29, 1.82) is 0 Å². The summed E-state index contributed by atoms with van der Waals surface area (Å²) in [6.45, 7) is 2.42. The predicted molar refractivity (Wildman–Crippen MR) is 147 cm³/mol. The van der Waals surface area contributed by atoms with Crippen LogP contribution in [0.4, 0.5) is 10.1 Å². The number of ketones is 1. The Hall–Kier alpha value is -3.01. The molecular weight excluding hydrogens is 525 g/mol. The fraction of sp³-hybridized carbons (Fsp3) is 0.483. The number of benzene rings is 2. The number of hydrogen-bond donors (Lipinski definition) is 0. The molecular formula is C29H35ClFN3O5. The Morgan fingerprint density at radius 1 is 1.08 bits per heavy atom. The Kier molecular flexibility index (Phi) is 9.58. The molecule has 2 aliphatic heterocycles. The van der Waals surface area contributed by atoms with E-state index in [0.717, 1.165) is 24.8 Å². The number of Topliss-reactive ketones (excluding diaryl/α,β-unsaturated/α-hetero) is 1. The van der Waals surface area contributed by atoms with Gasteiger partial charge >= 0.3 is 0 Å². The van der Waals surface area contributed by atoms with Crippen LogP contribution < -0.4 is 4.90 Å². The summed E-state index contributed by atoms with van der Waals surface area (Å²) in [5.41, 5.74) is 2.69. The highest BCUT2D eigenvalue weighted by Gasteiger charge is 2.39. The maximum Gasteiger partial charge on any atom is 0.290 e. The highest BCUT2D eigenvalue weighted by atomic mass is 35.5. The number of fused-ring (bicyclic) bond motifs is 1. The first-order valence-electron chi connectivity index (χ1n) is 13.1. The number of amides is 2. The monoisotopic (exact) mass is 559 g/mol. The van der Waals surface area contributed by atoms with E-state index < -0.39 is 17.6 Å². The molecule has 2 aromatic carbocycles. The number of methoxy groups -OCH3 is 1. The van der Waals surface area contributed by atoms with Crippen molar-refractivity contribution in [1.82, 2.24) is 9.80 Å². The summed E-state index contributed by atoms with van der Waals surface area (Å²) in [6, 6.07) is 9.93. The van der Waals surface area contributed by atoms with E-state index in [4.69, 9.17) is 21.1 Å². The Bertz CT molecular complexity index is 1200. The molecule has 0 radical (unpaired) electrons. The number of anilines is 1. The second-order valence-corrected chi connectivity index (χ2v) is 10.7. The molecule has 4 rings (SSSR count). The van der Waals surface area contributed by atoms with E-state index in [9.17, 15) is 18.8 Å². The van der Waals surface area contributed by atoms with Crippen LogP contribution in [0.5, 0.6) is 0 Å². The lowest BCUT2D eigenvalue weighted by Crippen LogP contribution is -2.39. The average Bonchev–Trinajstić information content (AvgIpc) is 3.28. The van der Waals surface area contributed by atoms with Crippen LogP contribution in [0.3, 0.4) is 0 Å². The van der Waals surface area contributed by atoms with Crippen molar-refractivity contribution < 1.29 is 28.2 Å². The molecule has 2 heterocycles. The van der Waals surface area contributed by atoms with Crippen LogP contribution in [0.2, 0.25) is 5.02 Å². The van der Waals surface area contributed by atoms with E-state index >= 15 is 0 Å². The van der Waals surface area contributed by atoms with E-state index in [0.29, 0.717) is 54.1 Å². The van der Waals surface area contributed by atoms with Gasteiger partial charge in [-0.15, -0.1) is 0 Å². The SMILES string of the molecule is COCCOCN1CC(C(=O)C(=O)N(C)C)c2cc(C(=O)N3CCC(Cc4ccc(F)cc4)CC3)c(Cl)cc21. The van der Waals surface area contributed by atoms with Gasteiger partial charge in [0.2, 0.25) is 5.78 Å². The van der Waals surface area contributed by atoms with Crippen molar-refractivity contribution in [2.45, 2.75) is 25.2 Å². The van der Waals surface area contributed by atoms with E-state index in [-0.39, 0.29) is 25.0 Å². The summed E-state index contributed by atoms with van der Waals surface area (Å²) < 4.78 is 23.9. The largest absolute Gasteiger partial charge is 0.382 e. The van der Waals surface area contributed by atoms with Gasteiger partial charge in [-0.05, 0) is 60.6 Å². The lowest BCUT2D eigenvalue weighted by molar-refractivity contribution is -0.143. The number of carbonyl (C=O) groups is 3. The molecule has 1 saturated heterocycles. The first-order valence-corrected chi connectivity index (χ1v) is 13.5. The van der Waals surface area contributed by atoms with Gasteiger partial charge in [-0.25, -0.2) is 4.39 Å². The number of likely N-dealkylation sites (N-methyl/N-ethyl adjacent to an activating group) is 1. The molecule has 1 fully saturated rings. The normalized spacial score (nSPS) is 17.3. The minimum atomic E-state index is -0.730. The van der Waals surface area contributed by atoms with Crippen LogP contribution in [0.25, 0.3) is 0 Å². The predicted octanol–water partition coefficient (Wildman–Crippen LogP) is 3.76. The summed E-state index contributed by atoms with van der Waals surface area (Å²) >= 11 is 6.63. The Morgan fingerprint density at radius 3 is 2.41 bits per heavy atom. The van der Waals surface area contributed by atoms with Crippen molar-refractivity contribution in [3.8, 4) is 0 Å². The first kappa shape index (κ1) is 29.0. The lowest BCUT2D eigenvalue weighted by atomic mass is 9.89. The van der Waals surface area contributed by atoms with Gasteiger partial charge < -0.3 is 24.2 Å². The topological polar surface area (TPSA) is 79.4 Å². The van der Waals surface area contributed by atoms with Gasteiger partial charge in [-0.2, -0.15) is 0 Å². The highest BCUT2D eigenvalue weighted by molar-refractivity contribution is 6.39. The molecule has 1 atom stereocenters. The smallest absolute Gasteiger partial charge is 0.290 e. The summed E-state index contributed by atoms with van der Waals surface area (Å²) in [7, 11) is 4.67. The zero-order valence-electron chi connectivity index (χ0n) is 22.6. The molecule has 2 aliphatic rings. The van der Waals surface area contributed by atoms with Crippen LogP contribution in [0.15, 0.2) is 36.4 Å². The number of hydrogen-bond acceptors (Lipinski definition) is 6.